The van der Waals surface area contributed by atoms with Gasteiger partial charge in [0.1, 0.15) is 17.2 Å². The minimum atomic E-state index is -0.434. The number of benzene rings is 2. The van der Waals surface area contributed by atoms with E-state index in [1.807, 2.05) is 0 Å². The third kappa shape index (κ3) is 3.41. The Hall–Kier alpha value is -2.48. The molecule has 4 aromatic rings. The molecular weight excluding hydrogens is 410 g/mol. The number of thiazole rings is 1. The third-order valence-corrected chi connectivity index (χ3v) is 5.35. The van der Waals surface area contributed by atoms with Gasteiger partial charge in [0.25, 0.3) is 5.91 Å². The number of amides is 1. The zero-order valence-electron chi connectivity index (χ0n) is 13.8. The van der Waals surface area contributed by atoms with Gasteiger partial charge in [0.15, 0.2) is 0 Å². The van der Waals surface area contributed by atoms with Crippen LogP contribution in [0.1, 0.15) is 16.1 Å². The molecule has 0 unspecified atom stereocenters. The van der Waals surface area contributed by atoms with Crippen LogP contribution < -0.4 is 5.32 Å². The average molecular weight is 421 g/mol. The number of nitrogens with one attached hydrogen (secondary N) is 1. The summed E-state index contributed by atoms with van der Waals surface area (Å²) in [5, 5.41) is 8.24. The second kappa shape index (κ2) is 6.92. The van der Waals surface area contributed by atoms with Crippen molar-refractivity contribution in [1.82, 2.24) is 14.8 Å². The van der Waals surface area contributed by atoms with E-state index in [0.29, 0.717) is 26.4 Å². The summed E-state index contributed by atoms with van der Waals surface area (Å²) in [5.74, 6) is -0.445. The van der Waals surface area contributed by atoms with Crippen LogP contribution in [0.4, 0.5) is 10.2 Å². The van der Waals surface area contributed by atoms with Crippen LogP contribution >= 0.6 is 34.5 Å². The molecule has 2 heterocycles. The van der Waals surface area contributed by atoms with Crippen molar-refractivity contribution in [3.63, 3.8) is 0 Å². The number of anilines is 1. The number of halogens is 3. The normalized spacial score (nSPS) is 11.1. The Morgan fingerprint density at radius 2 is 2.04 bits per heavy atom. The van der Waals surface area contributed by atoms with Gasteiger partial charge in [-0.3, -0.25) is 4.79 Å². The second-order valence-electron chi connectivity index (χ2n) is 5.74. The number of aromatic nitrogens is 3. The fourth-order valence-corrected chi connectivity index (χ4v) is 3.90. The van der Waals surface area contributed by atoms with Crippen molar-refractivity contribution in [2.75, 3.05) is 5.32 Å². The molecule has 0 atom stereocenters. The van der Waals surface area contributed by atoms with Crippen molar-refractivity contribution < 1.29 is 9.18 Å². The zero-order valence-corrected chi connectivity index (χ0v) is 16.2. The first-order valence-electron chi connectivity index (χ1n) is 7.81. The van der Waals surface area contributed by atoms with E-state index in [0.717, 1.165) is 0 Å². The molecule has 0 spiro atoms. The molecule has 9 heteroatoms. The second-order valence-corrected chi connectivity index (χ2v) is 7.60. The number of rotatable bonds is 3. The largest absolute Gasteiger partial charge is 0.306 e. The highest BCUT2D eigenvalue weighted by atomic mass is 35.5. The predicted octanol–water partition coefficient (Wildman–Crippen LogP) is 5.49. The number of nitrogens with zero attached hydrogens (tertiary/aromatic N) is 3. The van der Waals surface area contributed by atoms with Gasteiger partial charge in [-0.25, -0.2) is 9.37 Å². The summed E-state index contributed by atoms with van der Waals surface area (Å²) in [6.45, 7) is 1.78. The van der Waals surface area contributed by atoms with Crippen LogP contribution in [-0.4, -0.2) is 20.7 Å². The van der Waals surface area contributed by atoms with Gasteiger partial charge in [-0.05, 0) is 37.3 Å². The lowest BCUT2D eigenvalue weighted by Crippen LogP contribution is -2.15. The van der Waals surface area contributed by atoms with Gasteiger partial charge in [0.05, 0.1) is 21.0 Å². The smallest absolute Gasteiger partial charge is 0.258 e. The average Bonchev–Trinajstić information content (AvgIpc) is 3.21. The van der Waals surface area contributed by atoms with Gasteiger partial charge in [-0.2, -0.15) is 9.78 Å². The minimum absolute atomic E-state index is 0.241. The minimum Gasteiger partial charge on any atom is -0.306 e. The summed E-state index contributed by atoms with van der Waals surface area (Å²) in [5.41, 5.74) is 1.17. The molecule has 0 fully saturated rings. The molecule has 1 amide bonds. The van der Waals surface area contributed by atoms with Crippen molar-refractivity contribution in [3.8, 4) is 5.13 Å². The number of hydrogen-bond donors (Lipinski definition) is 1. The van der Waals surface area contributed by atoms with Crippen molar-refractivity contribution in [2.24, 2.45) is 0 Å². The van der Waals surface area contributed by atoms with Crippen LogP contribution in [0, 0.1) is 12.7 Å². The van der Waals surface area contributed by atoms with E-state index in [-0.39, 0.29) is 16.1 Å². The van der Waals surface area contributed by atoms with Crippen LogP contribution in [0.3, 0.4) is 0 Å². The molecular formula is C18H11Cl2FN4OS. The number of hydrogen-bond acceptors (Lipinski definition) is 4. The van der Waals surface area contributed by atoms with Gasteiger partial charge >= 0.3 is 0 Å². The quantitative estimate of drug-likeness (QED) is 0.476. The van der Waals surface area contributed by atoms with E-state index in [4.69, 9.17) is 23.2 Å². The zero-order chi connectivity index (χ0) is 19.1. The molecule has 0 radical (unpaired) electrons. The first-order chi connectivity index (χ1) is 12.9. The Labute approximate surface area is 167 Å². The van der Waals surface area contributed by atoms with Gasteiger partial charge in [-0.15, -0.1) is 0 Å². The Bertz CT molecular complexity index is 1190. The fourth-order valence-electron chi connectivity index (χ4n) is 2.58. The van der Waals surface area contributed by atoms with E-state index in [2.05, 4.69) is 15.4 Å². The summed E-state index contributed by atoms with van der Waals surface area (Å²) in [4.78, 5) is 16.9. The number of carbonyl (C=O) groups is 1. The van der Waals surface area contributed by atoms with E-state index in [1.54, 1.807) is 37.3 Å². The molecule has 2 aromatic carbocycles. The molecule has 4 rings (SSSR count). The van der Waals surface area contributed by atoms with Crippen molar-refractivity contribution in [3.05, 3.63) is 69.6 Å². The highest BCUT2D eigenvalue weighted by Gasteiger charge is 2.18. The maximum absolute atomic E-state index is 14.0. The van der Waals surface area contributed by atoms with Crippen LogP contribution in [0.25, 0.3) is 15.3 Å². The van der Waals surface area contributed by atoms with Crippen LogP contribution in [0.2, 0.25) is 10.0 Å². The van der Waals surface area contributed by atoms with E-state index in [1.165, 1.54) is 28.2 Å². The van der Waals surface area contributed by atoms with Crippen molar-refractivity contribution in [2.45, 2.75) is 6.92 Å². The molecule has 5 nitrogen and oxygen atoms in total. The summed E-state index contributed by atoms with van der Waals surface area (Å²) >= 11 is 13.3. The van der Waals surface area contributed by atoms with Crippen molar-refractivity contribution >= 4 is 56.5 Å². The molecule has 136 valence electrons. The lowest BCUT2D eigenvalue weighted by atomic mass is 10.2. The molecule has 1 N–H and O–H groups in total. The lowest BCUT2D eigenvalue weighted by Gasteiger charge is -2.08. The standard InChI is InChI=1S/C18H11Cl2FN4OS/c1-9-7-15(22-17(26)11-8-10(19)5-6-12(11)20)25(24-9)18-23-16-13(21)3-2-4-14(16)27-18/h2-8H,1H3,(H,22,26). The highest BCUT2D eigenvalue weighted by Crippen LogP contribution is 2.29. The Morgan fingerprint density at radius 1 is 1.22 bits per heavy atom. The maximum atomic E-state index is 14.0. The van der Waals surface area contributed by atoms with E-state index < -0.39 is 11.7 Å². The first-order valence-corrected chi connectivity index (χ1v) is 9.38. The maximum Gasteiger partial charge on any atom is 0.258 e. The Balaban J connectivity index is 1.73. The van der Waals surface area contributed by atoms with Gasteiger partial charge in [0.2, 0.25) is 5.13 Å². The van der Waals surface area contributed by atoms with E-state index in [9.17, 15) is 9.18 Å². The number of fused-ring (bicyclic) bond motifs is 1. The molecule has 0 bridgehead atoms. The fraction of sp³-hybridized carbons (Fsp3) is 0.0556. The van der Waals surface area contributed by atoms with Gasteiger partial charge < -0.3 is 5.32 Å². The summed E-state index contributed by atoms with van der Waals surface area (Å²) in [6, 6.07) is 11.1. The van der Waals surface area contributed by atoms with Crippen LogP contribution in [0.5, 0.6) is 0 Å². The topological polar surface area (TPSA) is 59.8 Å². The number of para-hydroxylation sites is 1. The molecule has 0 aliphatic heterocycles. The first kappa shape index (κ1) is 17.9. The summed E-state index contributed by atoms with van der Waals surface area (Å²) in [6.07, 6.45) is 0. The number of carbonyl (C=O) groups excluding carboxylic acids is 1. The third-order valence-electron chi connectivity index (χ3n) is 3.79. The molecule has 0 aliphatic carbocycles. The van der Waals surface area contributed by atoms with Crippen LogP contribution in [-0.2, 0) is 0 Å². The number of aryl methyl sites for hydroxylation is 1. The summed E-state index contributed by atoms with van der Waals surface area (Å²) < 4.78 is 16.1. The monoisotopic (exact) mass is 420 g/mol. The lowest BCUT2D eigenvalue weighted by molar-refractivity contribution is 0.102. The van der Waals surface area contributed by atoms with Gasteiger partial charge in [0, 0.05) is 11.1 Å². The van der Waals surface area contributed by atoms with E-state index >= 15 is 0 Å². The molecule has 0 saturated carbocycles. The Morgan fingerprint density at radius 3 is 2.81 bits per heavy atom. The van der Waals surface area contributed by atoms with Gasteiger partial charge in [-0.1, -0.05) is 40.6 Å². The molecule has 27 heavy (non-hydrogen) atoms. The van der Waals surface area contributed by atoms with Crippen molar-refractivity contribution in [1.29, 1.82) is 0 Å². The molecule has 0 aliphatic rings. The highest BCUT2D eigenvalue weighted by molar-refractivity contribution is 7.20. The molecule has 0 saturated heterocycles. The predicted molar refractivity (Wildman–Crippen MR) is 106 cm³/mol. The Kier molecular flexibility index (Phi) is 4.59. The summed E-state index contributed by atoms with van der Waals surface area (Å²) in [7, 11) is 0. The SMILES string of the molecule is Cc1cc(NC(=O)c2cc(Cl)ccc2Cl)n(-c2nc3c(F)cccc3s2)n1. The molecule has 2 aromatic heterocycles. The van der Waals surface area contributed by atoms with Crippen LogP contribution in [0.15, 0.2) is 42.5 Å².